The van der Waals surface area contributed by atoms with Crippen molar-refractivity contribution in [2.45, 2.75) is 71.4 Å². The molecule has 1 N–H and O–H groups in total. The van der Waals surface area contributed by atoms with E-state index >= 15 is 0 Å². The van der Waals surface area contributed by atoms with E-state index in [0.717, 1.165) is 25.1 Å². The van der Waals surface area contributed by atoms with Crippen molar-refractivity contribution in [1.82, 2.24) is 9.78 Å². The lowest BCUT2D eigenvalue weighted by Gasteiger charge is -2.09. The first-order chi connectivity index (χ1) is 10.3. The number of para-hydroxylation sites is 1. The first-order valence-corrected chi connectivity index (χ1v) is 8.38. The number of fused-ring (bicyclic) bond motifs is 1. The third-order valence-electron chi connectivity index (χ3n) is 4.10. The number of benzene rings is 1. The fourth-order valence-electron chi connectivity index (χ4n) is 2.90. The normalized spacial score (nSPS) is 12.9. The first-order valence-electron chi connectivity index (χ1n) is 8.38. The van der Waals surface area contributed by atoms with Gasteiger partial charge in [-0.3, -0.25) is 4.68 Å². The predicted octanol–water partition coefficient (Wildman–Crippen LogP) is 4.32. The lowest BCUT2D eigenvalue weighted by atomic mass is 10.0. The van der Waals surface area contributed by atoms with Gasteiger partial charge >= 0.3 is 0 Å². The number of unbranched alkanes of at least 4 members (excludes halogenated alkanes) is 4. The van der Waals surface area contributed by atoms with E-state index in [9.17, 15) is 5.11 Å². The molecule has 3 heteroatoms. The maximum atomic E-state index is 10.3. The van der Waals surface area contributed by atoms with E-state index in [1.807, 2.05) is 16.8 Å². The minimum Gasteiger partial charge on any atom is -0.393 e. The molecule has 21 heavy (non-hydrogen) atoms. The van der Waals surface area contributed by atoms with E-state index < -0.39 is 0 Å². The molecule has 1 unspecified atom stereocenters. The van der Waals surface area contributed by atoms with Crippen molar-refractivity contribution in [3.8, 4) is 0 Å². The second kappa shape index (κ2) is 8.18. The molecule has 2 aromatic rings. The molecule has 0 fully saturated rings. The lowest BCUT2D eigenvalue weighted by Crippen LogP contribution is -2.11. The molecule has 1 atom stereocenters. The van der Waals surface area contributed by atoms with Crippen LogP contribution in [-0.4, -0.2) is 21.0 Å². The molecule has 1 aromatic carbocycles. The molecule has 0 aliphatic rings. The van der Waals surface area contributed by atoms with Crippen molar-refractivity contribution >= 4 is 10.9 Å². The molecule has 0 saturated carbocycles. The quantitative estimate of drug-likeness (QED) is 0.698. The van der Waals surface area contributed by atoms with Crippen LogP contribution in [0.4, 0.5) is 0 Å². The minimum absolute atomic E-state index is 0.268. The van der Waals surface area contributed by atoms with Gasteiger partial charge in [0.15, 0.2) is 0 Å². The third kappa shape index (κ3) is 4.31. The van der Waals surface area contributed by atoms with Gasteiger partial charge in [-0.1, -0.05) is 57.2 Å². The molecule has 1 heterocycles. The van der Waals surface area contributed by atoms with Crippen LogP contribution >= 0.6 is 0 Å². The van der Waals surface area contributed by atoms with Gasteiger partial charge in [-0.15, -0.1) is 0 Å². The second-order valence-electron chi connectivity index (χ2n) is 5.84. The van der Waals surface area contributed by atoms with Crippen LogP contribution in [0.1, 0.15) is 58.1 Å². The van der Waals surface area contributed by atoms with E-state index in [-0.39, 0.29) is 6.10 Å². The highest BCUT2D eigenvalue weighted by molar-refractivity contribution is 5.81. The summed E-state index contributed by atoms with van der Waals surface area (Å²) in [5.74, 6) is 0. The number of hydrogen-bond acceptors (Lipinski definition) is 2. The van der Waals surface area contributed by atoms with E-state index in [0.29, 0.717) is 6.42 Å². The van der Waals surface area contributed by atoms with Crippen molar-refractivity contribution in [3.63, 3.8) is 0 Å². The Morgan fingerprint density at radius 1 is 1.10 bits per heavy atom. The molecule has 0 aliphatic carbocycles. The zero-order valence-corrected chi connectivity index (χ0v) is 13.4. The van der Waals surface area contributed by atoms with E-state index in [2.05, 4.69) is 31.1 Å². The molecule has 116 valence electrons. The highest BCUT2D eigenvalue weighted by atomic mass is 16.3. The summed E-state index contributed by atoms with van der Waals surface area (Å²) in [4.78, 5) is 0. The molecular weight excluding hydrogens is 260 g/mol. The van der Waals surface area contributed by atoms with Crippen LogP contribution in [0.2, 0.25) is 0 Å². The smallest absolute Gasteiger partial charge is 0.0729 e. The average molecular weight is 288 g/mol. The van der Waals surface area contributed by atoms with Crippen LogP contribution in [-0.2, 0) is 13.0 Å². The number of aliphatic hydroxyl groups excluding tert-OH is 1. The van der Waals surface area contributed by atoms with Crippen LogP contribution in [0.15, 0.2) is 24.3 Å². The Bertz CT molecular complexity index is 547. The summed E-state index contributed by atoms with van der Waals surface area (Å²) in [6.45, 7) is 5.20. The Morgan fingerprint density at radius 3 is 2.62 bits per heavy atom. The highest BCUT2D eigenvalue weighted by Crippen LogP contribution is 2.20. The van der Waals surface area contributed by atoms with Gasteiger partial charge in [0.05, 0.1) is 17.3 Å². The molecule has 0 radical (unpaired) electrons. The molecule has 0 saturated heterocycles. The van der Waals surface area contributed by atoms with Crippen molar-refractivity contribution < 1.29 is 5.11 Å². The number of aryl methyl sites for hydroxylation is 1. The van der Waals surface area contributed by atoms with Crippen molar-refractivity contribution in [1.29, 1.82) is 0 Å². The summed E-state index contributed by atoms with van der Waals surface area (Å²) in [5, 5.41) is 16.1. The maximum Gasteiger partial charge on any atom is 0.0729 e. The van der Waals surface area contributed by atoms with Gasteiger partial charge in [-0.2, -0.15) is 5.10 Å². The van der Waals surface area contributed by atoms with Gasteiger partial charge in [-0.05, 0) is 19.4 Å². The highest BCUT2D eigenvalue weighted by Gasteiger charge is 2.13. The Hall–Kier alpha value is -1.35. The summed E-state index contributed by atoms with van der Waals surface area (Å²) >= 11 is 0. The fourth-order valence-corrected chi connectivity index (χ4v) is 2.90. The molecule has 3 nitrogen and oxygen atoms in total. The zero-order chi connectivity index (χ0) is 15.1. The van der Waals surface area contributed by atoms with Gasteiger partial charge in [0, 0.05) is 18.4 Å². The topological polar surface area (TPSA) is 38.1 Å². The van der Waals surface area contributed by atoms with Gasteiger partial charge < -0.3 is 5.11 Å². The summed E-state index contributed by atoms with van der Waals surface area (Å²) in [6.07, 6.45) is 7.50. The fraction of sp³-hybridized carbons (Fsp3) is 0.611. The zero-order valence-electron chi connectivity index (χ0n) is 13.4. The second-order valence-corrected chi connectivity index (χ2v) is 5.84. The summed E-state index contributed by atoms with van der Waals surface area (Å²) in [7, 11) is 0. The Morgan fingerprint density at radius 2 is 1.86 bits per heavy atom. The number of hydrogen-bond donors (Lipinski definition) is 1. The largest absolute Gasteiger partial charge is 0.393 e. The van der Waals surface area contributed by atoms with Crippen molar-refractivity contribution in [2.24, 2.45) is 0 Å². The number of rotatable bonds is 9. The SMILES string of the molecule is CCCCCCCC(O)Cc1nn(CC)c2ccccc12. The Balaban J connectivity index is 1.93. The third-order valence-corrected chi connectivity index (χ3v) is 4.10. The van der Waals surface area contributed by atoms with Crippen LogP contribution in [0, 0.1) is 0 Å². The van der Waals surface area contributed by atoms with Gasteiger partial charge in [-0.25, -0.2) is 0 Å². The van der Waals surface area contributed by atoms with Gasteiger partial charge in [0.1, 0.15) is 0 Å². The van der Waals surface area contributed by atoms with Crippen molar-refractivity contribution in [3.05, 3.63) is 30.0 Å². The van der Waals surface area contributed by atoms with Crippen LogP contribution in [0.25, 0.3) is 10.9 Å². The van der Waals surface area contributed by atoms with Crippen LogP contribution in [0.5, 0.6) is 0 Å². The molecule has 2 rings (SSSR count). The van der Waals surface area contributed by atoms with Gasteiger partial charge in [0.25, 0.3) is 0 Å². The molecule has 0 aliphatic heterocycles. The van der Waals surface area contributed by atoms with Crippen LogP contribution in [0.3, 0.4) is 0 Å². The summed E-state index contributed by atoms with van der Waals surface area (Å²) in [6, 6.07) is 8.30. The molecule has 0 amide bonds. The molecular formula is C18H28N2O. The van der Waals surface area contributed by atoms with Crippen LogP contribution < -0.4 is 0 Å². The van der Waals surface area contributed by atoms with E-state index in [1.54, 1.807) is 0 Å². The number of aliphatic hydroxyl groups is 1. The Labute approximate surface area is 128 Å². The van der Waals surface area contributed by atoms with Gasteiger partial charge in [0.2, 0.25) is 0 Å². The lowest BCUT2D eigenvalue weighted by molar-refractivity contribution is 0.160. The van der Waals surface area contributed by atoms with Crippen molar-refractivity contribution in [2.75, 3.05) is 0 Å². The maximum absolute atomic E-state index is 10.3. The minimum atomic E-state index is -0.268. The molecule has 0 spiro atoms. The first kappa shape index (κ1) is 16.0. The Kier molecular flexibility index (Phi) is 6.24. The number of aromatic nitrogens is 2. The average Bonchev–Trinajstić information content (AvgIpc) is 2.85. The summed E-state index contributed by atoms with van der Waals surface area (Å²) < 4.78 is 2.03. The monoisotopic (exact) mass is 288 g/mol. The van der Waals surface area contributed by atoms with E-state index in [4.69, 9.17) is 0 Å². The molecule has 0 bridgehead atoms. The molecule has 1 aromatic heterocycles. The predicted molar refractivity (Wildman–Crippen MR) is 88.5 cm³/mol. The summed E-state index contributed by atoms with van der Waals surface area (Å²) in [5.41, 5.74) is 2.21. The number of nitrogens with zero attached hydrogens (tertiary/aromatic N) is 2. The standard InChI is InChI=1S/C18H28N2O/c1-3-5-6-7-8-11-15(21)14-17-16-12-9-10-13-18(16)20(4-2)19-17/h9-10,12-13,15,21H,3-8,11,14H2,1-2H3. The van der Waals surface area contributed by atoms with E-state index in [1.165, 1.54) is 36.6 Å².